The van der Waals surface area contributed by atoms with Crippen LogP contribution in [-0.4, -0.2) is 18.7 Å². The maximum absolute atomic E-state index is 13.5. The second-order valence-corrected chi connectivity index (χ2v) is 5.37. The molecule has 1 atom stereocenters. The van der Waals surface area contributed by atoms with Crippen molar-refractivity contribution in [2.24, 2.45) is 0 Å². The molecule has 1 N–H and O–H groups in total. The normalized spacial score (nSPS) is 13.1. The first kappa shape index (κ1) is 15.0. The second-order valence-electron chi connectivity index (χ2n) is 5.37. The Morgan fingerprint density at radius 3 is 2.33 bits per heavy atom. The Morgan fingerprint density at radius 1 is 1.11 bits per heavy atom. The van der Waals surface area contributed by atoms with Crippen LogP contribution < -0.4 is 10.1 Å². The van der Waals surface area contributed by atoms with Gasteiger partial charge in [0.2, 0.25) is 0 Å². The van der Waals surface area contributed by atoms with E-state index in [1.54, 1.807) is 6.07 Å². The monoisotopic (exact) mass is 253 g/mol. The first-order valence-electron chi connectivity index (χ1n) is 6.59. The van der Waals surface area contributed by atoms with Gasteiger partial charge in [0.1, 0.15) is 17.7 Å². The maximum atomic E-state index is 13.5. The molecule has 2 nitrogen and oxygen atoms in total. The molecule has 0 saturated carbocycles. The molecule has 0 heterocycles. The molecule has 0 aliphatic heterocycles. The van der Waals surface area contributed by atoms with Crippen molar-refractivity contribution in [3.63, 3.8) is 0 Å². The lowest BCUT2D eigenvalue weighted by molar-refractivity contribution is 0.212. The Kier molecular flexibility index (Phi) is 5.60. The highest BCUT2D eigenvalue weighted by atomic mass is 19.1. The van der Waals surface area contributed by atoms with Gasteiger partial charge in [0.15, 0.2) is 0 Å². The van der Waals surface area contributed by atoms with Gasteiger partial charge in [-0.25, -0.2) is 4.39 Å². The van der Waals surface area contributed by atoms with Crippen molar-refractivity contribution < 1.29 is 9.13 Å². The number of nitrogens with one attached hydrogen (secondary N) is 1. The molecule has 3 heteroatoms. The van der Waals surface area contributed by atoms with Crippen LogP contribution in [0.25, 0.3) is 0 Å². The Bertz CT molecular complexity index is 377. The number of ether oxygens (including phenoxy) is 1. The average molecular weight is 253 g/mol. The molecule has 0 aliphatic carbocycles. The Balaban J connectivity index is 2.66. The predicted molar refractivity (Wildman–Crippen MR) is 73.7 cm³/mol. The summed E-state index contributed by atoms with van der Waals surface area (Å²) in [6.07, 6.45) is 0.0224. The first-order valence-corrected chi connectivity index (χ1v) is 6.59. The van der Waals surface area contributed by atoms with Crippen molar-refractivity contribution in [3.8, 4) is 5.75 Å². The SMILES string of the molecule is CC(C)NC[C@H](C)Oc1cc(F)cc(C(C)C)c1. The van der Waals surface area contributed by atoms with Crippen LogP contribution in [0.5, 0.6) is 5.75 Å². The summed E-state index contributed by atoms with van der Waals surface area (Å²) in [5.74, 6) is 0.670. The lowest BCUT2D eigenvalue weighted by atomic mass is 10.0. The quantitative estimate of drug-likeness (QED) is 0.834. The highest BCUT2D eigenvalue weighted by molar-refractivity contribution is 5.31. The highest BCUT2D eigenvalue weighted by Crippen LogP contribution is 2.23. The molecule has 0 aliphatic rings. The largest absolute Gasteiger partial charge is 0.489 e. The van der Waals surface area contributed by atoms with E-state index in [1.165, 1.54) is 6.07 Å². The second kappa shape index (κ2) is 6.74. The molecule has 0 bridgehead atoms. The molecular formula is C15H24FNO. The zero-order valence-electron chi connectivity index (χ0n) is 12.0. The van der Waals surface area contributed by atoms with E-state index < -0.39 is 0 Å². The van der Waals surface area contributed by atoms with E-state index in [1.807, 2.05) is 26.8 Å². The van der Waals surface area contributed by atoms with E-state index in [4.69, 9.17) is 4.74 Å². The molecular weight excluding hydrogens is 229 g/mol. The minimum absolute atomic E-state index is 0.0224. The Labute approximate surface area is 110 Å². The van der Waals surface area contributed by atoms with Gasteiger partial charge in [0, 0.05) is 18.7 Å². The summed E-state index contributed by atoms with van der Waals surface area (Å²) in [5.41, 5.74) is 0.967. The molecule has 0 unspecified atom stereocenters. The summed E-state index contributed by atoms with van der Waals surface area (Å²) in [6, 6.07) is 5.35. The van der Waals surface area contributed by atoms with Crippen molar-refractivity contribution in [2.75, 3.05) is 6.54 Å². The smallest absolute Gasteiger partial charge is 0.127 e. The van der Waals surface area contributed by atoms with Gasteiger partial charge in [0.05, 0.1) is 0 Å². The van der Waals surface area contributed by atoms with Gasteiger partial charge in [-0.3, -0.25) is 0 Å². The van der Waals surface area contributed by atoms with Gasteiger partial charge in [0.25, 0.3) is 0 Å². The molecule has 102 valence electrons. The lowest BCUT2D eigenvalue weighted by Crippen LogP contribution is -2.33. The summed E-state index contributed by atoms with van der Waals surface area (Å²) >= 11 is 0. The van der Waals surface area contributed by atoms with Crippen LogP contribution in [0.15, 0.2) is 18.2 Å². The molecule has 0 fully saturated rings. The van der Waals surface area contributed by atoms with E-state index in [0.717, 1.165) is 12.1 Å². The zero-order chi connectivity index (χ0) is 13.7. The van der Waals surface area contributed by atoms with Gasteiger partial charge < -0.3 is 10.1 Å². The van der Waals surface area contributed by atoms with Gasteiger partial charge in [-0.15, -0.1) is 0 Å². The molecule has 0 amide bonds. The van der Waals surface area contributed by atoms with Crippen LogP contribution in [-0.2, 0) is 0 Å². The van der Waals surface area contributed by atoms with Crippen molar-refractivity contribution in [1.29, 1.82) is 0 Å². The van der Waals surface area contributed by atoms with Gasteiger partial charge in [-0.1, -0.05) is 27.7 Å². The molecule has 1 aromatic rings. The molecule has 0 spiro atoms. The molecule has 1 rings (SSSR count). The Hall–Kier alpha value is -1.09. The third-order valence-corrected chi connectivity index (χ3v) is 2.71. The third-order valence-electron chi connectivity index (χ3n) is 2.71. The third kappa shape index (κ3) is 5.05. The van der Waals surface area contributed by atoms with E-state index >= 15 is 0 Å². The van der Waals surface area contributed by atoms with Crippen LogP contribution >= 0.6 is 0 Å². The molecule has 0 saturated heterocycles. The molecule has 1 aromatic carbocycles. The first-order chi connectivity index (χ1) is 8.38. The van der Waals surface area contributed by atoms with Crippen LogP contribution in [0.1, 0.15) is 46.1 Å². The minimum Gasteiger partial charge on any atom is -0.489 e. The standard InChI is InChI=1S/C15H24FNO/c1-10(2)13-6-14(16)8-15(7-13)18-12(5)9-17-11(3)4/h6-8,10-12,17H,9H2,1-5H3/t12-/m0/s1. The van der Waals surface area contributed by atoms with Gasteiger partial charge >= 0.3 is 0 Å². The number of rotatable bonds is 6. The fraction of sp³-hybridized carbons (Fsp3) is 0.600. The number of benzene rings is 1. The summed E-state index contributed by atoms with van der Waals surface area (Å²) in [7, 11) is 0. The number of hydrogen-bond donors (Lipinski definition) is 1. The van der Waals surface area contributed by atoms with Crippen molar-refractivity contribution in [2.45, 2.75) is 52.7 Å². The molecule has 0 radical (unpaired) electrons. The van der Waals surface area contributed by atoms with Crippen molar-refractivity contribution >= 4 is 0 Å². The fourth-order valence-corrected chi connectivity index (χ4v) is 1.66. The van der Waals surface area contributed by atoms with Gasteiger partial charge in [-0.2, -0.15) is 0 Å². The number of halogens is 1. The zero-order valence-corrected chi connectivity index (χ0v) is 12.0. The summed E-state index contributed by atoms with van der Waals surface area (Å²) in [6.45, 7) is 11.0. The van der Waals surface area contributed by atoms with Crippen LogP contribution in [0.3, 0.4) is 0 Å². The maximum Gasteiger partial charge on any atom is 0.127 e. The Morgan fingerprint density at radius 2 is 1.78 bits per heavy atom. The van der Waals surface area contributed by atoms with Crippen molar-refractivity contribution in [3.05, 3.63) is 29.6 Å². The summed E-state index contributed by atoms with van der Waals surface area (Å²) < 4.78 is 19.2. The number of hydrogen-bond acceptors (Lipinski definition) is 2. The average Bonchev–Trinajstić information content (AvgIpc) is 2.25. The van der Waals surface area contributed by atoms with E-state index in [-0.39, 0.29) is 11.9 Å². The predicted octanol–water partition coefficient (Wildman–Crippen LogP) is 3.71. The van der Waals surface area contributed by atoms with E-state index in [9.17, 15) is 4.39 Å². The fourth-order valence-electron chi connectivity index (χ4n) is 1.66. The summed E-state index contributed by atoms with van der Waals surface area (Å²) in [5, 5.41) is 3.30. The molecule has 0 aromatic heterocycles. The van der Waals surface area contributed by atoms with Gasteiger partial charge in [-0.05, 0) is 30.5 Å². The van der Waals surface area contributed by atoms with Crippen LogP contribution in [0.4, 0.5) is 4.39 Å². The minimum atomic E-state index is -0.236. The van der Waals surface area contributed by atoms with Crippen molar-refractivity contribution in [1.82, 2.24) is 5.32 Å². The lowest BCUT2D eigenvalue weighted by Gasteiger charge is -2.18. The van der Waals surface area contributed by atoms with E-state index in [0.29, 0.717) is 17.7 Å². The molecule has 18 heavy (non-hydrogen) atoms. The topological polar surface area (TPSA) is 21.3 Å². The van der Waals surface area contributed by atoms with Crippen LogP contribution in [0.2, 0.25) is 0 Å². The van der Waals surface area contributed by atoms with E-state index in [2.05, 4.69) is 19.2 Å². The van der Waals surface area contributed by atoms with Crippen LogP contribution in [0, 0.1) is 5.82 Å². The highest BCUT2D eigenvalue weighted by Gasteiger charge is 2.09. The summed E-state index contributed by atoms with van der Waals surface area (Å²) in [4.78, 5) is 0.